The monoisotopic (exact) mass is 390 g/mol. The van der Waals surface area contributed by atoms with Gasteiger partial charge in [0.1, 0.15) is 25.4 Å². The predicted octanol–water partition coefficient (Wildman–Crippen LogP) is 2.91. The summed E-state index contributed by atoms with van der Waals surface area (Å²) in [6.45, 7) is 10.1. The topological polar surface area (TPSA) is 77.7 Å². The minimum Gasteiger partial charge on any atom is -0.463 e. The zero-order valence-electron chi connectivity index (χ0n) is 17.2. The van der Waals surface area contributed by atoms with E-state index in [0.717, 1.165) is 11.1 Å². The van der Waals surface area contributed by atoms with E-state index in [-0.39, 0.29) is 47.8 Å². The molecule has 2 fully saturated rings. The first-order valence-electron chi connectivity index (χ1n) is 9.81. The van der Waals surface area contributed by atoms with E-state index in [0.29, 0.717) is 26.4 Å². The van der Waals surface area contributed by atoms with Crippen molar-refractivity contribution in [3.63, 3.8) is 0 Å². The Hall–Kier alpha value is -1.92. The lowest BCUT2D eigenvalue weighted by molar-refractivity contribution is -0.146. The third kappa shape index (κ3) is 6.04. The highest BCUT2D eigenvalue weighted by atomic mass is 16.6. The molecule has 0 aliphatic carbocycles. The Balaban J connectivity index is 1.61. The zero-order chi connectivity index (χ0) is 20.4. The number of rotatable bonds is 10. The highest BCUT2D eigenvalue weighted by Crippen LogP contribution is 2.33. The van der Waals surface area contributed by atoms with Gasteiger partial charge in [0.15, 0.2) is 0 Å². The van der Waals surface area contributed by atoms with Crippen molar-refractivity contribution in [2.45, 2.75) is 63.6 Å². The van der Waals surface area contributed by atoms with Gasteiger partial charge in [-0.3, -0.25) is 9.59 Å². The second-order valence-electron chi connectivity index (χ2n) is 8.98. The molecule has 0 aromatic heterocycles. The van der Waals surface area contributed by atoms with Crippen molar-refractivity contribution in [2.75, 3.05) is 26.4 Å². The number of carbonyl (C=O) groups excluding carboxylic acids is 2. The maximum atomic E-state index is 12.2. The molecule has 28 heavy (non-hydrogen) atoms. The number of carbonyl (C=O) groups is 2. The van der Waals surface area contributed by atoms with Gasteiger partial charge in [0.05, 0.1) is 26.1 Å². The lowest BCUT2D eigenvalue weighted by atomic mass is 9.76. The van der Waals surface area contributed by atoms with Crippen LogP contribution in [0.15, 0.2) is 24.3 Å². The molecule has 0 spiro atoms. The first-order chi connectivity index (χ1) is 13.2. The number of hydrogen-bond acceptors (Lipinski definition) is 6. The van der Waals surface area contributed by atoms with E-state index in [1.54, 1.807) is 0 Å². The van der Waals surface area contributed by atoms with E-state index < -0.39 is 0 Å². The normalized spacial score (nSPS) is 21.1. The summed E-state index contributed by atoms with van der Waals surface area (Å²) in [7, 11) is 0. The van der Waals surface area contributed by atoms with Crippen molar-refractivity contribution in [1.29, 1.82) is 0 Å². The first kappa shape index (κ1) is 20.8. The molecule has 0 saturated carbocycles. The summed E-state index contributed by atoms with van der Waals surface area (Å²) in [6.07, 6.45) is 0.713. The Kier molecular flexibility index (Phi) is 6.10. The number of hydrogen-bond donors (Lipinski definition) is 0. The average molecular weight is 390 g/mol. The standard InChI is InChI=1S/C22H30O6/c1-21(2,9-19(23)27-13-17-11-25-17)15-6-5-7-16(8-15)22(3,4)10-20(24)28-14-18-12-26-18/h5-8,17-18H,9-14H2,1-4H3. The van der Waals surface area contributed by atoms with Crippen LogP contribution in [0.3, 0.4) is 0 Å². The molecule has 0 amide bonds. The van der Waals surface area contributed by atoms with Crippen LogP contribution in [0.4, 0.5) is 0 Å². The van der Waals surface area contributed by atoms with Gasteiger partial charge in [0.25, 0.3) is 0 Å². The van der Waals surface area contributed by atoms with Crippen molar-refractivity contribution < 1.29 is 28.5 Å². The molecule has 6 nitrogen and oxygen atoms in total. The second kappa shape index (κ2) is 8.21. The molecule has 2 atom stereocenters. The van der Waals surface area contributed by atoms with Crippen LogP contribution in [0.25, 0.3) is 0 Å². The maximum Gasteiger partial charge on any atom is 0.306 e. The van der Waals surface area contributed by atoms with Gasteiger partial charge in [-0.2, -0.15) is 0 Å². The summed E-state index contributed by atoms with van der Waals surface area (Å²) in [6, 6.07) is 8.08. The lowest BCUT2D eigenvalue weighted by Gasteiger charge is -2.29. The SMILES string of the molecule is CC(C)(CC(=O)OCC1CO1)c1cccc(C(C)(C)CC(=O)OCC2CO2)c1. The third-order valence-corrected chi connectivity index (χ3v) is 5.26. The second-order valence-corrected chi connectivity index (χ2v) is 8.98. The van der Waals surface area contributed by atoms with Crippen LogP contribution in [0.1, 0.15) is 51.7 Å². The molecule has 3 rings (SSSR count). The van der Waals surface area contributed by atoms with Crippen molar-refractivity contribution in [3.8, 4) is 0 Å². The Bertz CT molecular complexity index is 658. The number of ether oxygens (including phenoxy) is 4. The maximum absolute atomic E-state index is 12.2. The van der Waals surface area contributed by atoms with Crippen LogP contribution >= 0.6 is 0 Å². The molecule has 2 unspecified atom stereocenters. The van der Waals surface area contributed by atoms with E-state index in [2.05, 4.69) is 6.07 Å². The minimum absolute atomic E-state index is 0.0717. The van der Waals surface area contributed by atoms with Gasteiger partial charge in [-0.05, 0) is 11.1 Å². The fourth-order valence-electron chi connectivity index (χ4n) is 3.09. The Labute approximate surface area is 166 Å². The van der Waals surface area contributed by atoms with Crippen LogP contribution in [0.5, 0.6) is 0 Å². The largest absolute Gasteiger partial charge is 0.463 e. The Morgan fingerprint density at radius 2 is 1.29 bits per heavy atom. The minimum atomic E-state index is -0.378. The fourth-order valence-corrected chi connectivity index (χ4v) is 3.09. The molecule has 0 radical (unpaired) electrons. The van der Waals surface area contributed by atoms with Gasteiger partial charge in [0.2, 0.25) is 0 Å². The molecule has 154 valence electrons. The van der Waals surface area contributed by atoms with Crippen molar-refractivity contribution in [3.05, 3.63) is 35.4 Å². The molecule has 1 aromatic rings. The van der Waals surface area contributed by atoms with E-state index in [1.807, 2.05) is 45.9 Å². The van der Waals surface area contributed by atoms with Crippen LogP contribution in [0.2, 0.25) is 0 Å². The lowest BCUT2D eigenvalue weighted by Crippen LogP contribution is -2.27. The molecule has 2 heterocycles. The van der Waals surface area contributed by atoms with Gasteiger partial charge in [-0.1, -0.05) is 52.0 Å². The molecule has 2 aliphatic heterocycles. The third-order valence-electron chi connectivity index (χ3n) is 5.26. The van der Waals surface area contributed by atoms with Crippen molar-refractivity contribution >= 4 is 11.9 Å². The molecule has 6 heteroatoms. The highest BCUT2D eigenvalue weighted by Gasteiger charge is 2.31. The van der Waals surface area contributed by atoms with Gasteiger partial charge < -0.3 is 18.9 Å². The molecule has 0 bridgehead atoms. The zero-order valence-corrected chi connectivity index (χ0v) is 17.2. The van der Waals surface area contributed by atoms with Crippen LogP contribution in [-0.4, -0.2) is 50.6 Å². The van der Waals surface area contributed by atoms with E-state index in [4.69, 9.17) is 18.9 Å². The van der Waals surface area contributed by atoms with Gasteiger partial charge in [-0.25, -0.2) is 0 Å². The number of benzene rings is 1. The Morgan fingerprint density at radius 1 is 0.893 bits per heavy atom. The molecule has 2 aliphatic rings. The molecule has 0 N–H and O–H groups in total. The van der Waals surface area contributed by atoms with Crippen molar-refractivity contribution in [2.24, 2.45) is 0 Å². The first-order valence-corrected chi connectivity index (χ1v) is 9.81. The number of epoxide rings is 2. The summed E-state index contributed by atoms with van der Waals surface area (Å²) >= 11 is 0. The number of esters is 2. The smallest absolute Gasteiger partial charge is 0.306 e. The summed E-state index contributed by atoms with van der Waals surface area (Å²) < 4.78 is 20.7. The van der Waals surface area contributed by atoms with E-state index in [9.17, 15) is 9.59 Å². The fraction of sp³-hybridized carbons (Fsp3) is 0.636. The van der Waals surface area contributed by atoms with Crippen LogP contribution < -0.4 is 0 Å². The average Bonchev–Trinajstić information content (AvgIpc) is 3.53. The van der Waals surface area contributed by atoms with E-state index in [1.165, 1.54) is 0 Å². The summed E-state index contributed by atoms with van der Waals surface area (Å²) in [5.41, 5.74) is 1.32. The molecular weight excluding hydrogens is 360 g/mol. The van der Waals surface area contributed by atoms with Gasteiger partial charge in [0, 0.05) is 10.8 Å². The quantitative estimate of drug-likeness (QED) is 0.452. The molecule has 1 aromatic carbocycles. The van der Waals surface area contributed by atoms with Crippen LogP contribution in [-0.2, 0) is 39.4 Å². The summed E-state index contributed by atoms with van der Waals surface area (Å²) in [4.78, 5) is 24.3. The van der Waals surface area contributed by atoms with Crippen LogP contribution in [0, 0.1) is 0 Å². The molecule has 2 saturated heterocycles. The van der Waals surface area contributed by atoms with Gasteiger partial charge >= 0.3 is 11.9 Å². The highest BCUT2D eigenvalue weighted by molar-refractivity contribution is 5.72. The van der Waals surface area contributed by atoms with E-state index >= 15 is 0 Å². The Morgan fingerprint density at radius 3 is 1.64 bits per heavy atom. The van der Waals surface area contributed by atoms with Gasteiger partial charge in [-0.15, -0.1) is 0 Å². The van der Waals surface area contributed by atoms with Crippen molar-refractivity contribution in [1.82, 2.24) is 0 Å². The predicted molar refractivity (Wildman–Crippen MR) is 103 cm³/mol. The summed E-state index contributed by atoms with van der Waals surface area (Å²) in [5, 5.41) is 0. The molecular formula is C22H30O6. The summed E-state index contributed by atoms with van der Waals surface area (Å²) in [5.74, 6) is -0.452.